The molecule has 1 saturated carbocycles. The molecule has 1 aromatic heterocycles. The Balaban J connectivity index is 1.42. The monoisotopic (exact) mass is 392 g/mol. The van der Waals surface area contributed by atoms with Crippen molar-refractivity contribution in [3.63, 3.8) is 0 Å². The second-order valence-electron chi connectivity index (χ2n) is 6.77. The van der Waals surface area contributed by atoms with Gasteiger partial charge in [-0.3, -0.25) is 9.59 Å². The molecule has 1 aliphatic rings. The smallest absolute Gasteiger partial charge is 0.227 e. The number of nitrogens with zero attached hydrogens (tertiary/aromatic N) is 1. The molecule has 3 N–H and O–H groups in total. The highest BCUT2D eigenvalue weighted by Gasteiger charge is 2.29. The van der Waals surface area contributed by atoms with E-state index in [1.165, 1.54) is 18.3 Å². The summed E-state index contributed by atoms with van der Waals surface area (Å²) in [6.45, 7) is 1.48. The fraction of sp³-hybridized carbons (Fsp3) is 0.190. The molecule has 0 saturated heterocycles. The molecule has 3 aromatic rings. The van der Waals surface area contributed by atoms with Crippen LogP contribution in [0.2, 0.25) is 0 Å². The zero-order chi connectivity index (χ0) is 19.5. The second kappa shape index (κ2) is 7.82. The normalized spacial score (nSPS) is 13.0. The number of hydrogen-bond donors (Lipinski definition) is 3. The van der Waals surface area contributed by atoms with E-state index in [4.69, 9.17) is 0 Å². The largest absolute Gasteiger partial charge is 0.331 e. The fourth-order valence-electron chi connectivity index (χ4n) is 2.78. The van der Waals surface area contributed by atoms with Gasteiger partial charge in [0.1, 0.15) is 0 Å². The van der Waals surface area contributed by atoms with E-state index in [1.54, 1.807) is 0 Å². The lowest BCUT2D eigenvalue weighted by Gasteiger charge is -2.06. The predicted octanol–water partition coefficient (Wildman–Crippen LogP) is 4.86. The van der Waals surface area contributed by atoms with Gasteiger partial charge in [-0.05, 0) is 43.2 Å². The van der Waals surface area contributed by atoms with Gasteiger partial charge in [0, 0.05) is 40.8 Å². The molecule has 142 valence electrons. The summed E-state index contributed by atoms with van der Waals surface area (Å²) >= 11 is 1.51. The molecule has 0 unspecified atom stereocenters. The van der Waals surface area contributed by atoms with E-state index >= 15 is 0 Å². The quantitative estimate of drug-likeness (QED) is 0.559. The Morgan fingerprint density at radius 1 is 1.00 bits per heavy atom. The summed E-state index contributed by atoms with van der Waals surface area (Å²) in [5.41, 5.74) is 4.25. The molecular weight excluding hydrogens is 372 g/mol. The molecule has 0 aliphatic heterocycles. The van der Waals surface area contributed by atoms with Crippen molar-refractivity contribution in [2.75, 3.05) is 16.0 Å². The third-order valence-corrected chi connectivity index (χ3v) is 5.09. The van der Waals surface area contributed by atoms with Gasteiger partial charge in [-0.25, -0.2) is 4.98 Å². The van der Waals surface area contributed by atoms with Gasteiger partial charge in [0.2, 0.25) is 11.8 Å². The van der Waals surface area contributed by atoms with E-state index in [9.17, 15) is 9.59 Å². The number of rotatable bonds is 6. The fourth-order valence-corrected chi connectivity index (χ4v) is 3.52. The zero-order valence-electron chi connectivity index (χ0n) is 15.4. The number of anilines is 4. The third kappa shape index (κ3) is 4.55. The minimum atomic E-state index is -0.106. The number of hydrogen-bond acceptors (Lipinski definition) is 5. The number of aromatic nitrogens is 1. The maximum absolute atomic E-state index is 11.8. The average molecular weight is 392 g/mol. The van der Waals surface area contributed by atoms with Gasteiger partial charge in [0.25, 0.3) is 0 Å². The Hall–Kier alpha value is -3.19. The molecule has 2 aromatic carbocycles. The van der Waals surface area contributed by atoms with Crippen LogP contribution >= 0.6 is 11.3 Å². The standard InChI is InChI=1S/C21H20N4O2S/c1-13(26)22-17-3-2-4-18(11-17)24-21-25-19(12-28-21)14-7-9-16(10-8-14)23-20(27)15-5-6-15/h2-4,7-12,15H,5-6H2,1H3,(H,22,26)(H,23,27)(H,24,25). The van der Waals surface area contributed by atoms with Crippen LogP contribution in [0.5, 0.6) is 0 Å². The van der Waals surface area contributed by atoms with Crippen LogP contribution in [0.15, 0.2) is 53.9 Å². The summed E-state index contributed by atoms with van der Waals surface area (Å²) in [5.74, 6) is 0.191. The first kappa shape index (κ1) is 18.2. The molecular formula is C21H20N4O2S. The average Bonchev–Trinajstić information content (AvgIpc) is 3.42. The second-order valence-corrected chi connectivity index (χ2v) is 7.62. The van der Waals surface area contributed by atoms with E-state index in [0.717, 1.165) is 46.3 Å². The SMILES string of the molecule is CC(=O)Nc1cccc(Nc2nc(-c3ccc(NC(=O)C4CC4)cc3)cs2)c1. The molecule has 0 atom stereocenters. The Morgan fingerprint density at radius 3 is 2.46 bits per heavy atom. The van der Waals surface area contributed by atoms with Crippen LogP contribution in [0, 0.1) is 5.92 Å². The van der Waals surface area contributed by atoms with E-state index in [0.29, 0.717) is 0 Å². The van der Waals surface area contributed by atoms with Crippen molar-refractivity contribution in [1.82, 2.24) is 4.98 Å². The van der Waals surface area contributed by atoms with Crippen LogP contribution in [-0.2, 0) is 9.59 Å². The summed E-state index contributed by atoms with van der Waals surface area (Å²) in [5, 5.41) is 11.7. The highest BCUT2D eigenvalue weighted by atomic mass is 32.1. The lowest BCUT2D eigenvalue weighted by molar-refractivity contribution is -0.117. The maximum Gasteiger partial charge on any atom is 0.227 e. The topological polar surface area (TPSA) is 83.1 Å². The van der Waals surface area contributed by atoms with Gasteiger partial charge in [-0.15, -0.1) is 11.3 Å². The van der Waals surface area contributed by atoms with Crippen molar-refractivity contribution in [3.05, 3.63) is 53.9 Å². The molecule has 7 heteroatoms. The number of amides is 2. The van der Waals surface area contributed by atoms with Crippen molar-refractivity contribution in [3.8, 4) is 11.3 Å². The van der Waals surface area contributed by atoms with E-state index in [-0.39, 0.29) is 17.7 Å². The van der Waals surface area contributed by atoms with Gasteiger partial charge >= 0.3 is 0 Å². The van der Waals surface area contributed by atoms with Gasteiger partial charge < -0.3 is 16.0 Å². The molecule has 0 bridgehead atoms. The number of benzene rings is 2. The molecule has 1 heterocycles. The minimum Gasteiger partial charge on any atom is -0.331 e. The van der Waals surface area contributed by atoms with Gasteiger partial charge in [0.15, 0.2) is 5.13 Å². The predicted molar refractivity (Wildman–Crippen MR) is 113 cm³/mol. The molecule has 4 rings (SSSR count). The Kier molecular flexibility index (Phi) is 5.08. The van der Waals surface area contributed by atoms with Crippen LogP contribution in [0.1, 0.15) is 19.8 Å². The Bertz CT molecular complexity index is 1010. The molecule has 6 nitrogen and oxygen atoms in total. The number of carbonyl (C=O) groups is 2. The number of thiazole rings is 1. The summed E-state index contributed by atoms with van der Waals surface area (Å²) in [7, 11) is 0. The highest BCUT2D eigenvalue weighted by Crippen LogP contribution is 2.31. The van der Waals surface area contributed by atoms with Gasteiger partial charge in [-0.2, -0.15) is 0 Å². The van der Waals surface area contributed by atoms with Crippen molar-refractivity contribution in [2.24, 2.45) is 5.92 Å². The molecule has 1 fully saturated rings. The highest BCUT2D eigenvalue weighted by molar-refractivity contribution is 7.14. The van der Waals surface area contributed by atoms with E-state index < -0.39 is 0 Å². The molecule has 2 amide bonds. The first-order valence-corrected chi connectivity index (χ1v) is 9.96. The molecule has 28 heavy (non-hydrogen) atoms. The van der Waals surface area contributed by atoms with Crippen LogP contribution in [0.3, 0.4) is 0 Å². The van der Waals surface area contributed by atoms with Crippen LogP contribution < -0.4 is 16.0 Å². The Morgan fingerprint density at radius 2 is 1.75 bits per heavy atom. The lowest BCUT2D eigenvalue weighted by Crippen LogP contribution is -2.12. The summed E-state index contributed by atoms with van der Waals surface area (Å²) in [4.78, 5) is 27.7. The molecule has 0 radical (unpaired) electrons. The number of carbonyl (C=O) groups excluding carboxylic acids is 2. The van der Waals surface area contributed by atoms with Crippen LogP contribution in [-0.4, -0.2) is 16.8 Å². The molecule has 1 aliphatic carbocycles. The summed E-state index contributed by atoms with van der Waals surface area (Å²) < 4.78 is 0. The van der Waals surface area contributed by atoms with Crippen LogP contribution in [0.4, 0.5) is 22.2 Å². The van der Waals surface area contributed by atoms with Crippen LogP contribution in [0.25, 0.3) is 11.3 Å². The van der Waals surface area contributed by atoms with Crippen molar-refractivity contribution in [1.29, 1.82) is 0 Å². The molecule has 0 spiro atoms. The van der Waals surface area contributed by atoms with Crippen molar-refractivity contribution >= 4 is 45.3 Å². The van der Waals surface area contributed by atoms with Gasteiger partial charge in [-0.1, -0.05) is 18.2 Å². The zero-order valence-corrected chi connectivity index (χ0v) is 16.2. The lowest BCUT2D eigenvalue weighted by atomic mass is 10.1. The number of nitrogens with one attached hydrogen (secondary N) is 3. The van der Waals surface area contributed by atoms with Crippen molar-refractivity contribution < 1.29 is 9.59 Å². The first-order valence-electron chi connectivity index (χ1n) is 9.08. The Labute approximate surface area is 167 Å². The van der Waals surface area contributed by atoms with Gasteiger partial charge in [0.05, 0.1) is 5.69 Å². The third-order valence-electron chi connectivity index (χ3n) is 4.33. The first-order chi connectivity index (χ1) is 13.6. The minimum absolute atomic E-state index is 0.106. The summed E-state index contributed by atoms with van der Waals surface area (Å²) in [6, 6.07) is 15.2. The van der Waals surface area contributed by atoms with E-state index in [1.807, 2.05) is 53.9 Å². The van der Waals surface area contributed by atoms with Crippen molar-refractivity contribution in [2.45, 2.75) is 19.8 Å². The maximum atomic E-state index is 11.8. The van der Waals surface area contributed by atoms with E-state index in [2.05, 4.69) is 20.9 Å². The summed E-state index contributed by atoms with van der Waals surface area (Å²) in [6.07, 6.45) is 1.98.